The number of hydrogen-bond acceptors (Lipinski definition) is 9. The largest absolute Gasteiger partial charge is 0.386 e. The summed E-state index contributed by atoms with van der Waals surface area (Å²) in [6.45, 7) is -3.28. The standard InChI is InChI=1S/C10H12N5O5PS/c11-8-5-9(13-2-12-8)15(3-14-5)10-6(16)7-4(19-10)1-18-21(17,22)20-7/h2-4,6-7,10,16H,1H2,(H,17,22)(H2,11,12,13)/t4?,6-,7?,10+,21-/m0/s1. The SMILES string of the molecule is Nc1ncnc2c1ncn2[C@@H]1OC2CO[P@](O)(=S)OC2[C@@H]1O. The molecule has 4 N–H and O–H groups in total. The van der Waals surface area contributed by atoms with E-state index in [9.17, 15) is 10.00 Å². The average Bonchev–Trinajstić information content (AvgIpc) is 3.01. The average molecular weight is 345 g/mol. The number of hydrogen-bond donors (Lipinski definition) is 3. The van der Waals surface area contributed by atoms with E-state index in [0.717, 1.165) is 0 Å². The van der Waals surface area contributed by atoms with Gasteiger partial charge in [-0.15, -0.1) is 0 Å². The molecule has 2 aliphatic heterocycles. The highest BCUT2D eigenvalue weighted by Gasteiger charge is 2.51. The van der Waals surface area contributed by atoms with E-state index in [1.54, 1.807) is 4.57 Å². The predicted molar refractivity (Wildman–Crippen MR) is 77.0 cm³/mol. The zero-order valence-corrected chi connectivity index (χ0v) is 12.7. The van der Waals surface area contributed by atoms with Crippen molar-refractivity contribution in [3.63, 3.8) is 0 Å². The Kier molecular flexibility index (Phi) is 3.20. The van der Waals surface area contributed by atoms with E-state index < -0.39 is 31.3 Å². The quantitative estimate of drug-likeness (QED) is 0.569. The first-order chi connectivity index (χ1) is 10.5. The third-order valence-electron chi connectivity index (χ3n) is 3.63. The molecule has 2 saturated heterocycles. The molecule has 12 heteroatoms. The highest BCUT2D eigenvalue weighted by molar-refractivity contribution is 8.07. The fraction of sp³-hybridized carbons (Fsp3) is 0.500. The molecule has 0 bridgehead atoms. The highest BCUT2D eigenvalue weighted by Crippen LogP contribution is 2.52. The first-order valence-corrected chi connectivity index (χ1v) is 8.97. The van der Waals surface area contributed by atoms with Crippen LogP contribution in [0.15, 0.2) is 12.7 Å². The van der Waals surface area contributed by atoms with Crippen LogP contribution in [0.1, 0.15) is 6.23 Å². The van der Waals surface area contributed by atoms with Crippen molar-refractivity contribution in [3.8, 4) is 0 Å². The van der Waals surface area contributed by atoms with Crippen molar-refractivity contribution in [2.45, 2.75) is 24.5 Å². The molecule has 118 valence electrons. The Labute approximate surface area is 129 Å². The van der Waals surface area contributed by atoms with Crippen LogP contribution in [0.3, 0.4) is 0 Å². The molecule has 0 amide bonds. The van der Waals surface area contributed by atoms with Gasteiger partial charge in [0.25, 0.3) is 0 Å². The van der Waals surface area contributed by atoms with Gasteiger partial charge in [-0.05, 0) is 11.8 Å². The monoisotopic (exact) mass is 345 g/mol. The molecule has 10 nitrogen and oxygen atoms in total. The molecule has 2 aliphatic rings. The number of nitrogens with zero attached hydrogens (tertiary/aromatic N) is 4. The lowest BCUT2D eigenvalue weighted by atomic mass is 10.1. The summed E-state index contributed by atoms with van der Waals surface area (Å²) in [6.07, 6.45) is -0.414. The van der Waals surface area contributed by atoms with Gasteiger partial charge in [0.15, 0.2) is 17.7 Å². The molecule has 2 unspecified atom stereocenters. The lowest BCUT2D eigenvalue weighted by Crippen LogP contribution is -2.39. The number of aromatic nitrogens is 4. The van der Waals surface area contributed by atoms with Gasteiger partial charge in [-0.25, -0.2) is 15.0 Å². The van der Waals surface area contributed by atoms with Gasteiger partial charge in [0.1, 0.15) is 30.2 Å². The van der Waals surface area contributed by atoms with Crippen molar-refractivity contribution in [1.82, 2.24) is 19.5 Å². The van der Waals surface area contributed by atoms with Crippen molar-refractivity contribution in [2.24, 2.45) is 0 Å². The number of ether oxygens (including phenoxy) is 1. The molecule has 0 spiro atoms. The summed E-state index contributed by atoms with van der Waals surface area (Å²) in [7, 11) is 0. The predicted octanol–water partition coefficient (Wildman–Crippen LogP) is -0.701. The summed E-state index contributed by atoms with van der Waals surface area (Å²) in [6, 6.07) is 0. The van der Waals surface area contributed by atoms with Crippen LogP contribution in [0.25, 0.3) is 11.2 Å². The van der Waals surface area contributed by atoms with E-state index in [2.05, 4.69) is 15.0 Å². The number of nitrogen functional groups attached to an aromatic ring is 1. The molecule has 0 radical (unpaired) electrons. The van der Waals surface area contributed by atoms with Gasteiger partial charge in [-0.3, -0.25) is 9.09 Å². The number of rotatable bonds is 1. The first kappa shape index (κ1) is 14.4. The Bertz CT molecular complexity index is 786. The minimum Gasteiger partial charge on any atom is -0.386 e. The van der Waals surface area contributed by atoms with Crippen molar-refractivity contribution >= 4 is 35.5 Å². The maximum Gasteiger partial charge on any atom is 0.325 e. The van der Waals surface area contributed by atoms with Crippen LogP contribution < -0.4 is 5.73 Å². The number of aliphatic hydroxyl groups is 1. The number of aliphatic hydroxyl groups excluding tert-OH is 1. The van der Waals surface area contributed by atoms with Crippen molar-refractivity contribution in [3.05, 3.63) is 12.7 Å². The molecule has 4 rings (SSSR count). The topological polar surface area (TPSA) is 138 Å². The van der Waals surface area contributed by atoms with Crippen LogP contribution in [-0.4, -0.2) is 54.4 Å². The normalized spacial score (nSPS) is 38.3. The molecule has 0 aromatic carbocycles. The van der Waals surface area contributed by atoms with E-state index >= 15 is 0 Å². The van der Waals surface area contributed by atoms with Crippen LogP contribution in [-0.2, 0) is 25.6 Å². The van der Waals surface area contributed by atoms with Crippen molar-refractivity contribution < 1.29 is 23.8 Å². The van der Waals surface area contributed by atoms with Crippen LogP contribution >= 0.6 is 6.72 Å². The van der Waals surface area contributed by atoms with Crippen LogP contribution in [0.5, 0.6) is 0 Å². The Balaban J connectivity index is 1.71. The van der Waals surface area contributed by atoms with E-state index in [-0.39, 0.29) is 12.4 Å². The third-order valence-corrected chi connectivity index (χ3v) is 5.19. The molecule has 2 aromatic rings. The summed E-state index contributed by atoms with van der Waals surface area (Å²) < 4.78 is 17.6. The molecule has 2 fully saturated rings. The van der Waals surface area contributed by atoms with Gasteiger partial charge in [0, 0.05) is 0 Å². The summed E-state index contributed by atoms with van der Waals surface area (Å²) in [5.41, 5.74) is 6.58. The van der Waals surface area contributed by atoms with Gasteiger partial charge >= 0.3 is 6.72 Å². The van der Waals surface area contributed by atoms with E-state index in [1.807, 2.05) is 0 Å². The Hall–Kier alpha value is -1.20. The fourth-order valence-corrected chi connectivity index (χ4v) is 4.07. The first-order valence-electron chi connectivity index (χ1n) is 6.38. The molecular weight excluding hydrogens is 333 g/mol. The molecule has 0 saturated carbocycles. The summed E-state index contributed by atoms with van der Waals surface area (Å²) in [5.74, 6) is 0.235. The van der Waals surface area contributed by atoms with Gasteiger partial charge in [0.2, 0.25) is 0 Å². The number of anilines is 1. The third kappa shape index (κ3) is 2.14. The number of fused-ring (bicyclic) bond motifs is 2. The summed E-state index contributed by atoms with van der Waals surface area (Å²) in [5, 5.41) is 10.4. The molecule has 2 aromatic heterocycles. The van der Waals surface area contributed by atoms with Crippen molar-refractivity contribution in [2.75, 3.05) is 12.3 Å². The van der Waals surface area contributed by atoms with Gasteiger partial charge in [-0.2, -0.15) is 0 Å². The highest BCUT2D eigenvalue weighted by atomic mass is 32.5. The summed E-state index contributed by atoms with van der Waals surface area (Å²) in [4.78, 5) is 21.8. The Morgan fingerprint density at radius 2 is 2.23 bits per heavy atom. The van der Waals surface area contributed by atoms with Crippen LogP contribution in [0.4, 0.5) is 5.82 Å². The zero-order valence-electron chi connectivity index (χ0n) is 11.0. The smallest absolute Gasteiger partial charge is 0.325 e. The van der Waals surface area contributed by atoms with E-state index in [1.165, 1.54) is 12.7 Å². The van der Waals surface area contributed by atoms with Crippen molar-refractivity contribution in [1.29, 1.82) is 0 Å². The molecule has 0 aliphatic carbocycles. The lowest BCUT2D eigenvalue weighted by molar-refractivity contribution is -0.0593. The molecule has 4 heterocycles. The second kappa shape index (κ2) is 4.90. The van der Waals surface area contributed by atoms with E-state index in [0.29, 0.717) is 11.2 Å². The number of imidazole rings is 1. The lowest BCUT2D eigenvalue weighted by Gasteiger charge is -2.30. The minimum absolute atomic E-state index is 0.0513. The molecule has 22 heavy (non-hydrogen) atoms. The Morgan fingerprint density at radius 3 is 3.05 bits per heavy atom. The van der Waals surface area contributed by atoms with Gasteiger partial charge in [0.05, 0.1) is 12.9 Å². The van der Waals surface area contributed by atoms with Gasteiger partial charge in [-0.1, -0.05) is 0 Å². The van der Waals surface area contributed by atoms with Gasteiger partial charge < -0.3 is 25.0 Å². The minimum atomic E-state index is -3.33. The van der Waals surface area contributed by atoms with E-state index in [4.69, 9.17) is 31.3 Å². The Morgan fingerprint density at radius 1 is 1.41 bits per heavy atom. The molecular formula is C10H12N5O5PS. The second-order valence-corrected chi connectivity index (χ2v) is 7.76. The maximum absolute atomic E-state index is 10.4. The summed E-state index contributed by atoms with van der Waals surface area (Å²) >= 11 is 4.80. The molecule has 5 atom stereocenters. The fourth-order valence-electron chi connectivity index (χ4n) is 2.62. The van der Waals surface area contributed by atoms with Crippen LogP contribution in [0, 0.1) is 0 Å². The number of nitrogens with two attached hydrogens (primary N) is 1. The maximum atomic E-state index is 10.4. The van der Waals surface area contributed by atoms with Crippen LogP contribution in [0.2, 0.25) is 0 Å². The zero-order chi connectivity index (χ0) is 15.5. The second-order valence-electron chi connectivity index (χ2n) is 4.97.